The van der Waals surface area contributed by atoms with Crippen LogP contribution in [0.3, 0.4) is 0 Å². The maximum Gasteiger partial charge on any atom is 0.251 e. The number of likely N-dealkylation sites (tertiary alicyclic amines) is 1. The van der Waals surface area contributed by atoms with Gasteiger partial charge in [-0.3, -0.25) is 9.59 Å². The number of carbonyl (C=O) groups excluding carboxylic acids is 2. The van der Waals surface area contributed by atoms with Crippen molar-refractivity contribution in [2.45, 2.75) is 57.9 Å². The Kier molecular flexibility index (Phi) is 6.33. The van der Waals surface area contributed by atoms with E-state index in [2.05, 4.69) is 32.2 Å². The van der Waals surface area contributed by atoms with Crippen molar-refractivity contribution in [3.8, 4) is 0 Å². The quantitative estimate of drug-likeness (QED) is 0.601. The number of nitrogens with zero attached hydrogens (tertiary/aromatic N) is 2. The molecule has 5 nitrogen and oxygen atoms in total. The second-order valence-corrected chi connectivity index (χ2v) is 10.7. The van der Waals surface area contributed by atoms with Gasteiger partial charge in [-0.15, -0.1) is 11.3 Å². The number of nitrogens with one attached hydrogen (secondary N) is 1. The highest BCUT2D eigenvalue weighted by molar-refractivity contribution is 7.18. The average molecular weight is 450 g/mol. The van der Waals surface area contributed by atoms with Crippen molar-refractivity contribution in [1.82, 2.24) is 15.2 Å². The first kappa shape index (κ1) is 22.5. The maximum absolute atomic E-state index is 13.1. The molecular weight excluding hydrogens is 418 g/mol. The van der Waals surface area contributed by atoms with E-state index in [1.54, 1.807) is 18.3 Å². The van der Waals surface area contributed by atoms with Gasteiger partial charge in [0.25, 0.3) is 5.91 Å². The number of benzene rings is 2. The number of rotatable bonds is 4. The number of hydrogen-bond donors (Lipinski definition) is 1. The molecule has 1 saturated heterocycles. The van der Waals surface area contributed by atoms with Gasteiger partial charge < -0.3 is 10.2 Å². The smallest absolute Gasteiger partial charge is 0.251 e. The molecule has 2 heterocycles. The molecule has 0 aliphatic carbocycles. The fourth-order valence-corrected chi connectivity index (χ4v) is 5.27. The molecule has 4 rings (SSSR count). The summed E-state index contributed by atoms with van der Waals surface area (Å²) in [6.07, 6.45) is 1.98. The van der Waals surface area contributed by atoms with E-state index in [0.717, 1.165) is 29.9 Å². The first-order valence-electron chi connectivity index (χ1n) is 11.3. The summed E-state index contributed by atoms with van der Waals surface area (Å²) in [7, 11) is 0. The SMILES string of the molecule is C[C@@H](NC(=O)c1ccc(C(C)(C)C)cc1)C(=O)N1CCC[C@@H](c2nc3ccccc3s2)C1. The molecule has 32 heavy (non-hydrogen) atoms. The number of amides is 2. The number of aromatic nitrogens is 1. The van der Waals surface area contributed by atoms with E-state index < -0.39 is 6.04 Å². The Bertz CT molecular complexity index is 1080. The lowest BCUT2D eigenvalue weighted by Crippen LogP contribution is -2.49. The third-order valence-corrected chi connectivity index (χ3v) is 7.32. The lowest BCUT2D eigenvalue weighted by atomic mass is 9.86. The normalized spacial score (nSPS) is 17.9. The number of thiazole rings is 1. The van der Waals surface area contributed by atoms with Gasteiger partial charge in [-0.1, -0.05) is 45.0 Å². The van der Waals surface area contributed by atoms with E-state index in [1.165, 1.54) is 10.3 Å². The molecule has 0 unspecified atom stereocenters. The highest BCUT2D eigenvalue weighted by Gasteiger charge is 2.30. The summed E-state index contributed by atoms with van der Waals surface area (Å²) in [5.41, 5.74) is 2.80. The Labute approximate surface area is 193 Å². The summed E-state index contributed by atoms with van der Waals surface area (Å²) in [6, 6.07) is 15.2. The average Bonchev–Trinajstić information content (AvgIpc) is 3.22. The second-order valence-electron chi connectivity index (χ2n) is 9.67. The molecule has 6 heteroatoms. The monoisotopic (exact) mass is 449 g/mol. The van der Waals surface area contributed by atoms with Crippen LogP contribution in [-0.2, 0) is 10.2 Å². The van der Waals surface area contributed by atoms with Gasteiger partial charge in [-0.25, -0.2) is 4.98 Å². The summed E-state index contributed by atoms with van der Waals surface area (Å²) >= 11 is 1.72. The number of carbonyl (C=O) groups is 2. The zero-order chi connectivity index (χ0) is 22.9. The highest BCUT2D eigenvalue weighted by atomic mass is 32.1. The predicted octanol–water partition coefficient (Wildman–Crippen LogP) is 5.12. The first-order chi connectivity index (χ1) is 15.2. The standard InChI is InChI=1S/C26H31N3O2S/c1-17(27-23(30)18-11-13-20(14-12-18)26(2,3)4)25(31)29-15-7-8-19(16-29)24-28-21-9-5-6-10-22(21)32-24/h5-6,9-14,17,19H,7-8,15-16H2,1-4H3,(H,27,30)/t17-,19-/m1/s1. The Morgan fingerprint density at radius 2 is 1.84 bits per heavy atom. The van der Waals surface area contributed by atoms with Crippen molar-refractivity contribution in [3.63, 3.8) is 0 Å². The van der Waals surface area contributed by atoms with Crippen molar-refractivity contribution in [1.29, 1.82) is 0 Å². The van der Waals surface area contributed by atoms with Crippen LogP contribution in [0, 0.1) is 0 Å². The van der Waals surface area contributed by atoms with E-state index in [-0.39, 0.29) is 23.1 Å². The number of hydrogen-bond acceptors (Lipinski definition) is 4. The molecule has 0 radical (unpaired) electrons. The molecule has 1 N–H and O–H groups in total. The molecule has 2 aromatic carbocycles. The topological polar surface area (TPSA) is 62.3 Å². The molecule has 3 aromatic rings. The number of piperidine rings is 1. The Morgan fingerprint density at radius 1 is 1.12 bits per heavy atom. The molecule has 1 aromatic heterocycles. The molecule has 0 saturated carbocycles. The van der Waals surface area contributed by atoms with E-state index in [9.17, 15) is 9.59 Å². The van der Waals surface area contributed by atoms with Gasteiger partial charge in [0.05, 0.1) is 15.2 Å². The van der Waals surface area contributed by atoms with Gasteiger partial charge in [-0.2, -0.15) is 0 Å². The van der Waals surface area contributed by atoms with Crippen molar-refractivity contribution < 1.29 is 9.59 Å². The van der Waals surface area contributed by atoms with Crippen LogP contribution in [0.15, 0.2) is 48.5 Å². The molecule has 168 valence electrons. The largest absolute Gasteiger partial charge is 0.341 e. The zero-order valence-electron chi connectivity index (χ0n) is 19.2. The van der Waals surface area contributed by atoms with Crippen LogP contribution in [-0.4, -0.2) is 40.8 Å². The summed E-state index contributed by atoms with van der Waals surface area (Å²) in [6.45, 7) is 9.57. The predicted molar refractivity (Wildman–Crippen MR) is 130 cm³/mol. The molecular formula is C26H31N3O2S. The Hall–Kier alpha value is -2.73. The molecule has 0 spiro atoms. The highest BCUT2D eigenvalue weighted by Crippen LogP contribution is 2.33. The van der Waals surface area contributed by atoms with Crippen LogP contribution in [0.25, 0.3) is 10.2 Å². The fraction of sp³-hybridized carbons (Fsp3) is 0.423. The van der Waals surface area contributed by atoms with Crippen LogP contribution in [0.5, 0.6) is 0 Å². The van der Waals surface area contributed by atoms with Crippen LogP contribution in [0.4, 0.5) is 0 Å². The molecule has 1 aliphatic heterocycles. The molecule has 2 atom stereocenters. The number of para-hydroxylation sites is 1. The van der Waals surface area contributed by atoms with E-state index in [4.69, 9.17) is 4.98 Å². The van der Waals surface area contributed by atoms with Gasteiger partial charge in [0, 0.05) is 24.6 Å². The number of fused-ring (bicyclic) bond motifs is 1. The minimum atomic E-state index is -0.570. The van der Waals surface area contributed by atoms with Crippen molar-refractivity contribution in [2.75, 3.05) is 13.1 Å². The third kappa shape index (κ3) is 4.85. The third-order valence-electron chi connectivity index (χ3n) is 6.12. The van der Waals surface area contributed by atoms with Gasteiger partial charge in [-0.05, 0) is 55.0 Å². The van der Waals surface area contributed by atoms with Gasteiger partial charge >= 0.3 is 0 Å². The summed E-state index contributed by atoms with van der Waals surface area (Å²) in [4.78, 5) is 32.5. The Balaban J connectivity index is 1.39. The van der Waals surface area contributed by atoms with E-state index in [1.807, 2.05) is 47.4 Å². The second kappa shape index (κ2) is 9.02. The maximum atomic E-state index is 13.1. The van der Waals surface area contributed by atoms with Crippen LogP contribution in [0.2, 0.25) is 0 Å². The van der Waals surface area contributed by atoms with Crippen LogP contribution in [0.1, 0.15) is 67.4 Å². The minimum Gasteiger partial charge on any atom is -0.341 e. The lowest BCUT2D eigenvalue weighted by molar-refractivity contribution is -0.134. The first-order valence-corrected chi connectivity index (χ1v) is 12.1. The van der Waals surface area contributed by atoms with Gasteiger partial charge in [0.15, 0.2) is 0 Å². The van der Waals surface area contributed by atoms with Crippen molar-refractivity contribution in [3.05, 3.63) is 64.7 Å². The van der Waals surface area contributed by atoms with Crippen LogP contribution < -0.4 is 5.32 Å². The van der Waals surface area contributed by atoms with E-state index in [0.29, 0.717) is 12.1 Å². The fourth-order valence-electron chi connectivity index (χ4n) is 4.18. The summed E-state index contributed by atoms with van der Waals surface area (Å²) in [5, 5.41) is 3.98. The van der Waals surface area contributed by atoms with Gasteiger partial charge in [0.2, 0.25) is 5.91 Å². The van der Waals surface area contributed by atoms with Crippen LogP contribution >= 0.6 is 11.3 Å². The molecule has 0 bridgehead atoms. The van der Waals surface area contributed by atoms with Gasteiger partial charge in [0.1, 0.15) is 6.04 Å². The zero-order valence-corrected chi connectivity index (χ0v) is 20.0. The molecule has 1 fully saturated rings. The summed E-state index contributed by atoms with van der Waals surface area (Å²) < 4.78 is 1.18. The van der Waals surface area contributed by atoms with Crippen molar-refractivity contribution >= 4 is 33.4 Å². The molecule has 2 amide bonds. The molecule has 1 aliphatic rings. The Morgan fingerprint density at radius 3 is 2.53 bits per heavy atom. The van der Waals surface area contributed by atoms with E-state index >= 15 is 0 Å². The van der Waals surface area contributed by atoms with Crippen molar-refractivity contribution in [2.24, 2.45) is 0 Å². The lowest BCUT2D eigenvalue weighted by Gasteiger charge is -2.33. The minimum absolute atomic E-state index is 0.0320. The summed E-state index contributed by atoms with van der Waals surface area (Å²) in [5.74, 6) is -0.000501.